The number of carbonyl (C=O) groups is 2. The maximum Gasteiger partial charge on any atom is 0.317 e. The summed E-state index contributed by atoms with van der Waals surface area (Å²) in [7, 11) is 0. The molecule has 6 rings (SSSR count). The molecule has 42 heavy (non-hydrogen) atoms. The quantitative estimate of drug-likeness (QED) is 0.352. The van der Waals surface area contributed by atoms with Crippen molar-refractivity contribution >= 4 is 11.8 Å². The molecule has 1 saturated heterocycles. The Morgan fingerprint density at radius 3 is 2.14 bits per heavy atom. The van der Waals surface area contributed by atoms with Crippen LogP contribution in [-0.4, -0.2) is 41.8 Å². The van der Waals surface area contributed by atoms with Crippen LogP contribution >= 0.6 is 0 Å². The van der Waals surface area contributed by atoms with Crippen molar-refractivity contribution < 1.29 is 18.4 Å². The normalized spacial score (nSPS) is 46.1. The average Bonchev–Trinajstić information content (AvgIpc) is 3.16. The first-order valence-corrected chi connectivity index (χ1v) is 17.1. The summed E-state index contributed by atoms with van der Waals surface area (Å²) in [6.45, 7) is 19.5. The first-order chi connectivity index (χ1) is 19.4. The van der Waals surface area contributed by atoms with Gasteiger partial charge in [-0.1, -0.05) is 61.0 Å². The second-order valence-corrected chi connectivity index (χ2v) is 17.5. The van der Waals surface area contributed by atoms with Crippen molar-refractivity contribution in [3.63, 3.8) is 0 Å². The topological polar surface area (TPSA) is 49.4 Å². The molecule has 5 fully saturated rings. The summed E-state index contributed by atoms with van der Waals surface area (Å²) >= 11 is 0. The third-order valence-electron chi connectivity index (χ3n) is 14.8. The molecular formula is C36H56F2N2O2. The van der Waals surface area contributed by atoms with Crippen molar-refractivity contribution in [1.82, 2.24) is 10.2 Å². The van der Waals surface area contributed by atoms with Gasteiger partial charge in [-0.3, -0.25) is 4.79 Å². The number of rotatable bonds is 2. The zero-order chi connectivity index (χ0) is 30.7. The number of amides is 2. The van der Waals surface area contributed by atoms with Gasteiger partial charge in [0.15, 0.2) is 5.78 Å². The third-order valence-corrected chi connectivity index (χ3v) is 14.8. The standard InChI is InChI=1S/C36H56F2N2O2/c1-22(2)28-24(41)21-32(5)15-16-33(6)23(29(28)32)9-10-26-34(33,7)14-11-25-31(3,4)13-12-27(35(25,26)8)39-30(42)40-19-17-36(37,38)18-20-40/h22-23,25-27H,9-21H2,1-8H3,(H,39,42)/t23-,25+,26+,27?,32+,33-,34-,35+/m1/s1. The van der Waals surface area contributed by atoms with Gasteiger partial charge >= 0.3 is 6.03 Å². The minimum atomic E-state index is -2.66. The Bertz CT molecular complexity index is 1180. The van der Waals surface area contributed by atoms with Crippen LogP contribution in [0.5, 0.6) is 0 Å². The first kappa shape index (κ1) is 30.6. The SMILES string of the molecule is CC(C)C1=C2[C@H]3CC[C@@H]4[C@@]5(C)C(NC(=O)N6CCC(F)(F)CC6)CCC(C)(C)[C@@H]5CC[C@@]4(C)[C@]3(C)CC[C@@]2(C)CC1=O. The second kappa shape index (κ2) is 9.52. The van der Waals surface area contributed by atoms with E-state index in [9.17, 15) is 18.4 Å². The number of piperidine rings is 1. The zero-order valence-electron chi connectivity index (χ0n) is 27.6. The number of hydrogen-bond donors (Lipinski definition) is 1. The fourth-order valence-electron chi connectivity index (χ4n) is 12.4. The van der Waals surface area contributed by atoms with Crippen molar-refractivity contribution in [1.29, 1.82) is 0 Å². The minimum absolute atomic E-state index is 0.0136. The van der Waals surface area contributed by atoms with Gasteiger partial charge in [0.2, 0.25) is 0 Å². The number of halogens is 2. The Kier molecular flexibility index (Phi) is 6.93. The molecule has 6 heteroatoms. The predicted octanol–water partition coefficient (Wildman–Crippen LogP) is 8.80. The molecule has 1 aliphatic heterocycles. The monoisotopic (exact) mass is 586 g/mol. The summed E-state index contributed by atoms with van der Waals surface area (Å²) in [5.41, 5.74) is 3.01. The lowest BCUT2D eigenvalue weighted by Gasteiger charge is -2.72. The molecule has 4 nitrogen and oxygen atoms in total. The second-order valence-electron chi connectivity index (χ2n) is 17.5. The number of Topliss-reactive ketones (excluding diaryl/α,β-unsaturated/α-hetero) is 1. The number of fused-ring (bicyclic) bond motifs is 7. The van der Waals surface area contributed by atoms with Gasteiger partial charge < -0.3 is 10.2 Å². The molecule has 2 amide bonds. The van der Waals surface area contributed by atoms with Gasteiger partial charge in [-0.05, 0) is 108 Å². The zero-order valence-corrected chi connectivity index (χ0v) is 27.6. The largest absolute Gasteiger partial charge is 0.335 e. The highest BCUT2D eigenvalue weighted by Gasteiger charge is 2.70. The number of carbonyl (C=O) groups excluding carboxylic acids is 2. The number of hydrogen-bond acceptors (Lipinski definition) is 2. The number of nitrogens with zero attached hydrogens (tertiary/aromatic N) is 1. The molecule has 8 atom stereocenters. The van der Waals surface area contributed by atoms with E-state index in [4.69, 9.17) is 0 Å². The molecular weight excluding hydrogens is 530 g/mol. The molecule has 5 aliphatic carbocycles. The van der Waals surface area contributed by atoms with Crippen molar-refractivity contribution in [3.05, 3.63) is 11.1 Å². The molecule has 0 aromatic heterocycles. The maximum atomic E-state index is 13.9. The van der Waals surface area contributed by atoms with Crippen molar-refractivity contribution in [2.45, 2.75) is 138 Å². The van der Waals surface area contributed by atoms with Gasteiger partial charge in [0.25, 0.3) is 5.92 Å². The van der Waals surface area contributed by atoms with E-state index in [0.717, 1.165) is 50.5 Å². The Morgan fingerprint density at radius 1 is 0.833 bits per heavy atom. The van der Waals surface area contributed by atoms with Crippen LogP contribution in [0, 0.1) is 50.7 Å². The van der Waals surface area contributed by atoms with E-state index in [0.29, 0.717) is 30.0 Å². The lowest BCUT2D eigenvalue weighted by atomic mass is 9.32. The highest BCUT2D eigenvalue weighted by molar-refractivity contribution is 6.00. The lowest BCUT2D eigenvalue weighted by Crippen LogP contribution is -2.69. The summed E-state index contributed by atoms with van der Waals surface area (Å²) in [5, 5.41) is 3.49. The number of urea groups is 1. The molecule has 0 bridgehead atoms. The van der Waals surface area contributed by atoms with E-state index in [2.05, 4.69) is 60.7 Å². The smallest absolute Gasteiger partial charge is 0.317 e. The number of likely N-dealkylation sites (tertiary alicyclic amines) is 1. The number of alkyl halides is 2. The van der Waals surface area contributed by atoms with E-state index in [1.165, 1.54) is 12.0 Å². The van der Waals surface area contributed by atoms with Crippen LogP contribution < -0.4 is 5.32 Å². The molecule has 0 spiro atoms. The van der Waals surface area contributed by atoms with Crippen molar-refractivity contribution in [2.24, 2.45) is 50.7 Å². The predicted molar refractivity (Wildman–Crippen MR) is 163 cm³/mol. The molecule has 0 aromatic carbocycles. The van der Waals surface area contributed by atoms with E-state index in [1.54, 1.807) is 4.90 Å². The Balaban J connectivity index is 1.36. The number of nitrogens with one attached hydrogen (secondary N) is 1. The summed E-state index contributed by atoms with van der Waals surface area (Å²) in [4.78, 5) is 28.7. The van der Waals surface area contributed by atoms with Gasteiger partial charge in [0.1, 0.15) is 0 Å². The Labute approximate surface area is 253 Å². The van der Waals surface area contributed by atoms with Crippen molar-refractivity contribution in [3.8, 4) is 0 Å². The van der Waals surface area contributed by atoms with Crippen molar-refractivity contribution in [2.75, 3.05) is 13.1 Å². The molecule has 0 radical (unpaired) electrons. The van der Waals surface area contributed by atoms with E-state index < -0.39 is 5.92 Å². The maximum absolute atomic E-state index is 13.9. The lowest BCUT2D eigenvalue weighted by molar-refractivity contribution is -0.219. The molecule has 0 aromatic rings. The Hall–Kier alpha value is -1.46. The van der Waals surface area contributed by atoms with Crippen LogP contribution in [0.4, 0.5) is 13.6 Å². The van der Waals surface area contributed by atoms with E-state index in [1.807, 2.05) is 0 Å². The summed E-state index contributed by atoms with van der Waals surface area (Å²) in [6, 6.07) is -0.102. The van der Waals surface area contributed by atoms with Crippen LogP contribution in [0.3, 0.4) is 0 Å². The Morgan fingerprint density at radius 2 is 1.50 bits per heavy atom. The summed E-state index contributed by atoms with van der Waals surface area (Å²) in [6.07, 6.45) is 9.07. The van der Waals surface area contributed by atoms with Crippen LogP contribution in [-0.2, 0) is 4.79 Å². The molecule has 1 unspecified atom stereocenters. The number of ketones is 1. The first-order valence-electron chi connectivity index (χ1n) is 17.1. The molecule has 6 aliphatic rings. The molecule has 236 valence electrons. The van der Waals surface area contributed by atoms with Gasteiger partial charge in [-0.15, -0.1) is 0 Å². The van der Waals surface area contributed by atoms with E-state index in [-0.39, 0.29) is 71.0 Å². The highest BCUT2D eigenvalue weighted by Crippen LogP contribution is 2.76. The van der Waals surface area contributed by atoms with Crippen LogP contribution in [0.2, 0.25) is 0 Å². The van der Waals surface area contributed by atoms with E-state index >= 15 is 0 Å². The van der Waals surface area contributed by atoms with Crippen LogP contribution in [0.1, 0.15) is 126 Å². The molecule has 4 saturated carbocycles. The van der Waals surface area contributed by atoms with Gasteiger partial charge in [0.05, 0.1) is 0 Å². The third kappa shape index (κ3) is 4.14. The summed E-state index contributed by atoms with van der Waals surface area (Å²) < 4.78 is 27.8. The average molecular weight is 587 g/mol. The fourth-order valence-corrected chi connectivity index (χ4v) is 12.4. The van der Waals surface area contributed by atoms with Gasteiger partial charge in [0, 0.05) is 38.4 Å². The fraction of sp³-hybridized carbons (Fsp3) is 0.889. The summed E-state index contributed by atoms with van der Waals surface area (Å²) in [5.74, 6) is -0.593. The van der Waals surface area contributed by atoms with Gasteiger partial charge in [-0.25, -0.2) is 13.6 Å². The number of allylic oxidation sites excluding steroid dienone is 2. The van der Waals surface area contributed by atoms with Crippen LogP contribution in [0.15, 0.2) is 11.1 Å². The molecule has 1 N–H and O–H groups in total. The van der Waals surface area contributed by atoms with Gasteiger partial charge in [-0.2, -0.15) is 0 Å². The highest BCUT2D eigenvalue weighted by atomic mass is 19.3. The van der Waals surface area contributed by atoms with Crippen LogP contribution in [0.25, 0.3) is 0 Å². The molecule has 1 heterocycles. The minimum Gasteiger partial charge on any atom is -0.335 e.